The molecule has 3 heterocycles. The Morgan fingerprint density at radius 3 is 2.68 bits per heavy atom. The number of anilines is 3. The zero-order valence-corrected chi connectivity index (χ0v) is 19.0. The maximum absolute atomic E-state index is 12.8. The molecule has 11 heteroatoms. The summed E-state index contributed by atoms with van der Waals surface area (Å²) < 4.78 is 29.1. The van der Waals surface area contributed by atoms with Gasteiger partial charge >= 0.3 is 0 Å². The van der Waals surface area contributed by atoms with E-state index in [1.54, 1.807) is 48.2 Å². The Labute approximate surface area is 197 Å². The minimum atomic E-state index is -3.78. The number of hydrogen-bond acceptors (Lipinski definition) is 7. The van der Waals surface area contributed by atoms with Gasteiger partial charge in [-0.25, -0.2) is 13.4 Å². The summed E-state index contributed by atoms with van der Waals surface area (Å²) in [5, 5.41) is 13.6. The molecule has 3 aromatic carbocycles. The third-order valence-corrected chi connectivity index (χ3v) is 7.76. The predicted molar refractivity (Wildman–Crippen MR) is 133 cm³/mol. The van der Waals surface area contributed by atoms with Crippen LogP contribution in [0.25, 0.3) is 26.7 Å². The monoisotopic (exact) mass is 488 g/mol. The van der Waals surface area contributed by atoms with Gasteiger partial charge in [-0.3, -0.25) is 14.6 Å². The van der Waals surface area contributed by atoms with Crippen LogP contribution < -0.4 is 15.4 Å². The summed E-state index contributed by atoms with van der Waals surface area (Å²) in [5.41, 5.74) is 6.45. The maximum Gasteiger partial charge on any atom is 0.261 e. The second kappa shape index (κ2) is 7.68. The van der Waals surface area contributed by atoms with Gasteiger partial charge in [-0.1, -0.05) is 0 Å². The summed E-state index contributed by atoms with van der Waals surface area (Å²) >= 11 is 1.48. The molecule has 9 nitrogen and oxygen atoms in total. The SMILES string of the molecule is O=C1Nc2ccc3ncsc3c2C1=CNc1ccc(S(=O)(=O)Nc2ccc3cn[nH]c3c2)cc1. The van der Waals surface area contributed by atoms with E-state index in [2.05, 4.69) is 30.5 Å². The number of rotatable bonds is 5. The normalized spacial score (nSPS) is 14.5. The third-order valence-electron chi connectivity index (χ3n) is 5.50. The Hall–Kier alpha value is -4.22. The van der Waals surface area contributed by atoms with E-state index in [0.717, 1.165) is 32.4 Å². The molecular formula is C23H16N6O3S2. The zero-order valence-electron chi connectivity index (χ0n) is 17.4. The van der Waals surface area contributed by atoms with Crippen LogP contribution in [-0.4, -0.2) is 29.5 Å². The number of hydrogen-bond donors (Lipinski definition) is 4. The zero-order chi connectivity index (χ0) is 23.3. The highest BCUT2D eigenvalue weighted by Gasteiger charge is 2.27. The number of fused-ring (bicyclic) bond motifs is 4. The van der Waals surface area contributed by atoms with Crippen LogP contribution >= 0.6 is 11.3 Å². The van der Waals surface area contributed by atoms with Crippen LogP contribution in [0.4, 0.5) is 17.1 Å². The second-order valence-electron chi connectivity index (χ2n) is 7.65. The van der Waals surface area contributed by atoms with E-state index in [4.69, 9.17) is 0 Å². The van der Waals surface area contributed by atoms with Crippen molar-refractivity contribution in [2.45, 2.75) is 4.90 Å². The Kier molecular flexibility index (Phi) is 4.61. The Morgan fingerprint density at radius 2 is 1.82 bits per heavy atom. The van der Waals surface area contributed by atoms with Gasteiger partial charge in [0, 0.05) is 22.8 Å². The molecule has 1 amide bonds. The molecule has 1 aliphatic rings. The van der Waals surface area contributed by atoms with Crippen LogP contribution in [0.5, 0.6) is 0 Å². The summed E-state index contributed by atoms with van der Waals surface area (Å²) in [6.07, 6.45) is 3.30. The molecule has 1 aliphatic heterocycles. The van der Waals surface area contributed by atoms with Gasteiger partial charge in [0.1, 0.15) is 0 Å². The minimum absolute atomic E-state index is 0.116. The molecule has 0 saturated carbocycles. The van der Waals surface area contributed by atoms with Gasteiger partial charge in [0.15, 0.2) is 0 Å². The van der Waals surface area contributed by atoms with Crippen LogP contribution in [0.1, 0.15) is 5.56 Å². The fourth-order valence-electron chi connectivity index (χ4n) is 3.84. The van der Waals surface area contributed by atoms with E-state index in [0.29, 0.717) is 16.9 Å². The highest BCUT2D eigenvalue weighted by molar-refractivity contribution is 7.92. The van der Waals surface area contributed by atoms with Crippen LogP contribution in [-0.2, 0) is 14.8 Å². The average Bonchev–Trinajstić information content (AvgIpc) is 3.55. The first-order valence-corrected chi connectivity index (χ1v) is 12.5. The number of H-pyrrole nitrogens is 1. The van der Waals surface area contributed by atoms with E-state index in [9.17, 15) is 13.2 Å². The number of amides is 1. The maximum atomic E-state index is 12.8. The van der Waals surface area contributed by atoms with Crippen molar-refractivity contribution >= 4 is 71.0 Å². The minimum Gasteiger partial charge on any atom is -0.361 e. The van der Waals surface area contributed by atoms with Gasteiger partial charge in [0.25, 0.3) is 15.9 Å². The van der Waals surface area contributed by atoms with Crippen LogP contribution in [0.2, 0.25) is 0 Å². The number of nitrogens with zero attached hydrogens (tertiary/aromatic N) is 2. The lowest BCUT2D eigenvalue weighted by Crippen LogP contribution is -2.12. The number of carbonyl (C=O) groups is 1. The number of carbonyl (C=O) groups excluding carboxylic acids is 1. The van der Waals surface area contributed by atoms with Crippen molar-refractivity contribution < 1.29 is 13.2 Å². The van der Waals surface area contributed by atoms with Crippen molar-refractivity contribution in [1.82, 2.24) is 15.2 Å². The molecule has 0 bridgehead atoms. The van der Waals surface area contributed by atoms with E-state index >= 15 is 0 Å². The molecule has 0 saturated heterocycles. The number of sulfonamides is 1. The van der Waals surface area contributed by atoms with Crippen LogP contribution in [0.15, 0.2) is 77.4 Å². The lowest BCUT2D eigenvalue weighted by molar-refractivity contribution is -0.110. The van der Waals surface area contributed by atoms with Crippen molar-refractivity contribution in [3.05, 3.63) is 78.1 Å². The number of nitrogens with one attached hydrogen (secondary N) is 4. The predicted octanol–water partition coefficient (Wildman–Crippen LogP) is 4.38. The number of thiazole rings is 1. The van der Waals surface area contributed by atoms with E-state index in [1.807, 2.05) is 12.1 Å². The Morgan fingerprint density at radius 1 is 1.00 bits per heavy atom. The molecule has 0 spiro atoms. The molecule has 5 aromatic rings. The topological polar surface area (TPSA) is 129 Å². The highest BCUT2D eigenvalue weighted by Crippen LogP contribution is 2.39. The van der Waals surface area contributed by atoms with Gasteiger partial charge in [-0.15, -0.1) is 11.3 Å². The number of aromatic amines is 1. The second-order valence-corrected chi connectivity index (χ2v) is 10.2. The molecule has 168 valence electrons. The smallest absolute Gasteiger partial charge is 0.261 e. The first kappa shape index (κ1) is 20.4. The van der Waals surface area contributed by atoms with E-state index in [1.165, 1.54) is 23.5 Å². The molecule has 6 rings (SSSR count). The lowest BCUT2D eigenvalue weighted by Gasteiger charge is -2.09. The van der Waals surface area contributed by atoms with Gasteiger partial charge in [-0.2, -0.15) is 5.10 Å². The van der Waals surface area contributed by atoms with Gasteiger partial charge in [0.05, 0.1) is 49.3 Å². The van der Waals surface area contributed by atoms with E-state index in [-0.39, 0.29) is 10.8 Å². The summed E-state index contributed by atoms with van der Waals surface area (Å²) in [7, 11) is -3.78. The van der Waals surface area contributed by atoms with Gasteiger partial charge in [0.2, 0.25) is 0 Å². The number of aromatic nitrogens is 3. The molecule has 0 atom stereocenters. The van der Waals surface area contributed by atoms with Gasteiger partial charge < -0.3 is 10.6 Å². The summed E-state index contributed by atoms with van der Waals surface area (Å²) in [5.74, 6) is -0.207. The fourth-order valence-corrected chi connectivity index (χ4v) is 5.74. The third kappa shape index (κ3) is 3.47. The molecule has 0 unspecified atom stereocenters. The average molecular weight is 489 g/mol. The summed E-state index contributed by atoms with van der Waals surface area (Å²) in [6, 6.07) is 15.2. The van der Waals surface area contributed by atoms with Crippen molar-refractivity contribution in [2.24, 2.45) is 0 Å². The van der Waals surface area contributed by atoms with Crippen molar-refractivity contribution in [3.63, 3.8) is 0 Å². The standard InChI is InChI=1S/C23H16N6O3S2/c30-23-17(21-18(27-23)7-8-19-22(21)33-12-25-19)11-24-14-3-5-16(6-4-14)34(31,32)29-15-2-1-13-10-26-28-20(13)9-15/h1-12,24,29H,(H,26,28)(H,27,30). The molecule has 34 heavy (non-hydrogen) atoms. The molecule has 0 aliphatic carbocycles. The molecule has 0 radical (unpaired) electrons. The molecule has 4 N–H and O–H groups in total. The fraction of sp³-hybridized carbons (Fsp3) is 0. The molecule has 2 aromatic heterocycles. The lowest BCUT2D eigenvalue weighted by atomic mass is 10.1. The number of benzene rings is 3. The quantitative estimate of drug-likeness (QED) is 0.272. The summed E-state index contributed by atoms with van der Waals surface area (Å²) in [6.45, 7) is 0. The molecule has 0 fully saturated rings. The van der Waals surface area contributed by atoms with Crippen molar-refractivity contribution in [3.8, 4) is 0 Å². The highest BCUT2D eigenvalue weighted by atomic mass is 32.2. The van der Waals surface area contributed by atoms with Crippen LogP contribution in [0.3, 0.4) is 0 Å². The van der Waals surface area contributed by atoms with E-state index < -0.39 is 10.0 Å². The van der Waals surface area contributed by atoms with Crippen LogP contribution in [0, 0.1) is 0 Å². The first-order chi connectivity index (χ1) is 16.5. The van der Waals surface area contributed by atoms with Crippen molar-refractivity contribution in [2.75, 3.05) is 15.4 Å². The Balaban J connectivity index is 1.23. The summed E-state index contributed by atoms with van der Waals surface area (Å²) in [4.78, 5) is 16.9. The first-order valence-electron chi connectivity index (χ1n) is 10.2. The largest absolute Gasteiger partial charge is 0.361 e. The Bertz CT molecular complexity index is 1720. The van der Waals surface area contributed by atoms with Crippen molar-refractivity contribution in [1.29, 1.82) is 0 Å². The van der Waals surface area contributed by atoms with Gasteiger partial charge in [-0.05, 0) is 54.6 Å². The molecular weight excluding hydrogens is 472 g/mol.